The van der Waals surface area contributed by atoms with Crippen molar-refractivity contribution in [2.75, 3.05) is 19.8 Å². The third-order valence-electron chi connectivity index (χ3n) is 3.21. The number of hydrogen-bond donors (Lipinski definition) is 1. The lowest BCUT2D eigenvalue weighted by Crippen LogP contribution is -2.07. The zero-order valence-electron chi connectivity index (χ0n) is 10.6. The Balaban J connectivity index is 2.45. The minimum absolute atomic E-state index is 0.297. The molecule has 0 amide bonds. The lowest BCUT2D eigenvalue weighted by molar-refractivity contribution is 0.111. The van der Waals surface area contributed by atoms with Crippen molar-refractivity contribution >= 4 is 6.29 Å². The van der Waals surface area contributed by atoms with Gasteiger partial charge in [0.15, 0.2) is 17.8 Å². The number of benzene rings is 1. The van der Waals surface area contributed by atoms with Gasteiger partial charge in [0.1, 0.15) is 0 Å². The molecule has 0 bridgehead atoms. The smallest absolute Gasteiger partial charge is 0.171 e. The fraction of sp³-hybridized carbons (Fsp3) is 0.500. The Morgan fingerprint density at radius 1 is 1.33 bits per heavy atom. The van der Waals surface area contributed by atoms with Crippen LogP contribution in [0.5, 0.6) is 11.5 Å². The van der Waals surface area contributed by atoms with E-state index in [2.05, 4.69) is 6.92 Å². The summed E-state index contributed by atoms with van der Waals surface area (Å²) in [6, 6.07) is 3.74. The Kier molecular flexibility index (Phi) is 4.20. The van der Waals surface area contributed by atoms with Crippen LogP contribution in [0.1, 0.15) is 41.6 Å². The minimum atomic E-state index is 0.297. The molecule has 0 aliphatic carbocycles. The highest BCUT2D eigenvalue weighted by Gasteiger charge is 2.21. The van der Waals surface area contributed by atoms with E-state index >= 15 is 0 Å². The standard InChI is InChI=1S/C14H19NO3/c1-10(5-6-15)12-4-3-11(9-16)13-14(12)18-8-2-7-17-13/h3-4,9-10H,2,5-8,15H2,1H3. The van der Waals surface area contributed by atoms with Crippen LogP contribution < -0.4 is 15.2 Å². The Bertz CT molecular complexity index is 431. The van der Waals surface area contributed by atoms with Gasteiger partial charge in [0, 0.05) is 12.0 Å². The number of carbonyl (C=O) groups is 1. The number of rotatable bonds is 4. The molecule has 1 unspecified atom stereocenters. The van der Waals surface area contributed by atoms with Crippen molar-refractivity contribution < 1.29 is 14.3 Å². The fourth-order valence-electron chi connectivity index (χ4n) is 2.18. The quantitative estimate of drug-likeness (QED) is 0.830. The normalized spacial score (nSPS) is 15.9. The maximum absolute atomic E-state index is 11.0. The molecule has 1 aliphatic heterocycles. The summed E-state index contributed by atoms with van der Waals surface area (Å²) in [6.45, 7) is 3.95. The summed E-state index contributed by atoms with van der Waals surface area (Å²) < 4.78 is 11.4. The van der Waals surface area contributed by atoms with Crippen LogP contribution in [0.3, 0.4) is 0 Å². The molecule has 0 radical (unpaired) electrons. The van der Waals surface area contributed by atoms with E-state index in [1.807, 2.05) is 6.07 Å². The van der Waals surface area contributed by atoms with E-state index in [9.17, 15) is 4.79 Å². The van der Waals surface area contributed by atoms with Crippen LogP contribution in [0.15, 0.2) is 12.1 Å². The first-order valence-corrected chi connectivity index (χ1v) is 6.35. The SMILES string of the molecule is CC(CCN)c1ccc(C=O)c2c1OCCCO2. The van der Waals surface area contributed by atoms with Crippen LogP contribution in [0.4, 0.5) is 0 Å². The van der Waals surface area contributed by atoms with Crippen LogP contribution >= 0.6 is 0 Å². The molecule has 1 heterocycles. The van der Waals surface area contributed by atoms with Gasteiger partial charge in [-0.2, -0.15) is 0 Å². The molecule has 0 spiro atoms. The Hall–Kier alpha value is -1.55. The highest BCUT2D eigenvalue weighted by atomic mass is 16.5. The van der Waals surface area contributed by atoms with Gasteiger partial charge in [-0.05, 0) is 24.9 Å². The fourth-order valence-corrected chi connectivity index (χ4v) is 2.18. The van der Waals surface area contributed by atoms with Gasteiger partial charge in [-0.25, -0.2) is 0 Å². The molecule has 1 aliphatic rings. The third kappa shape index (κ3) is 2.48. The van der Waals surface area contributed by atoms with Crippen molar-refractivity contribution in [2.45, 2.75) is 25.7 Å². The molecule has 0 aromatic heterocycles. The zero-order valence-corrected chi connectivity index (χ0v) is 10.6. The zero-order chi connectivity index (χ0) is 13.0. The predicted octanol–water partition coefficient (Wildman–Crippen LogP) is 2.11. The summed E-state index contributed by atoms with van der Waals surface area (Å²) >= 11 is 0. The largest absolute Gasteiger partial charge is 0.489 e. The van der Waals surface area contributed by atoms with E-state index in [1.165, 1.54) is 0 Å². The molecule has 0 fully saturated rings. The molecule has 0 saturated carbocycles. The number of hydrogen-bond acceptors (Lipinski definition) is 4. The molecule has 18 heavy (non-hydrogen) atoms. The molecule has 98 valence electrons. The summed E-state index contributed by atoms with van der Waals surface area (Å²) in [5.74, 6) is 1.60. The van der Waals surface area contributed by atoms with Crippen LogP contribution in [-0.2, 0) is 0 Å². The number of nitrogens with two attached hydrogens (primary N) is 1. The maximum Gasteiger partial charge on any atom is 0.171 e. The van der Waals surface area contributed by atoms with Gasteiger partial charge in [-0.15, -0.1) is 0 Å². The lowest BCUT2D eigenvalue weighted by atomic mass is 9.95. The summed E-state index contributed by atoms with van der Waals surface area (Å²) in [6.07, 6.45) is 2.53. The van der Waals surface area contributed by atoms with Crippen molar-refractivity contribution in [1.82, 2.24) is 0 Å². The number of ether oxygens (including phenoxy) is 2. The van der Waals surface area contributed by atoms with Crippen molar-refractivity contribution in [2.24, 2.45) is 5.73 Å². The Morgan fingerprint density at radius 3 is 2.72 bits per heavy atom. The molecule has 1 atom stereocenters. The Labute approximate surface area is 107 Å². The van der Waals surface area contributed by atoms with E-state index in [4.69, 9.17) is 15.2 Å². The summed E-state index contributed by atoms with van der Waals surface area (Å²) in [7, 11) is 0. The molecule has 1 aromatic carbocycles. The second-order valence-corrected chi connectivity index (χ2v) is 4.55. The highest BCUT2D eigenvalue weighted by molar-refractivity contribution is 5.82. The topological polar surface area (TPSA) is 61.6 Å². The summed E-state index contributed by atoms with van der Waals surface area (Å²) in [4.78, 5) is 11.0. The van der Waals surface area contributed by atoms with E-state index in [0.717, 1.165) is 30.4 Å². The average molecular weight is 249 g/mol. The first-order valence-electron chi connectivity index (χ1n) is 6.35. The number of aldehydes is 1. The average Bonchev–Trinajstić information content (AvgIpc) is 2.63. The lowest BCUT2D eigenvalue weighted by Gasteiger charge is -2.18. The van der Waals surface area contributed by atoms with Crippen LogP contribution in [0.25, 0.3) is 0 Å². The van der Waals surface area contributed by atoms with Gasteiger partial charge in [0.2, 0.25) is 0 Å². The van der Waals surface area contributed by atoms with Gasteiger partial charge in [0.05, 0.1) is 18.8 Å². The third-order valence-corrected chi connectivity index (χ3v) is 3.21. The van der Waals surface area contributed by atoms with Crippen molar-refractivity contribution in [3.63, 3.8) is 0 Å². The van der Waals surface area contributed by atoms with E-state index in [0.29, 0.717) is 37.0 Å². The first-order chi connectivity index (χ1) is 8.77. The van der Waals surface area contributed by atoms with E-state index in [1.54, 1.807) is 6.07 Å². The summed E-state index contributed by atoms with van der Waals surface area (Å²) in [5, 5.41) is 0. The molecule has 2 rings (SSSR count). The highest BCUT2D eigenvalue weighted by Crippen LogP contribution is 2.40. The van der Waals surface area contributed by atoms with Crippen molar-refractivity contribution in [1.29, 1.82) is 0 Å². The van der Waals surface area contributed by atoms with Crippen LogP contribution in [0.2, 0.25) is 0 Å². The molecule has 4 heteroatoms. The Morgan fingerprint density at radius 2 is 2.06 bits per heavy atom. The molecule has 2 N–H and O–H groups in total. The van der Waals surface area contributed by atoms with Gasteiger partial charge in [-0.1, -0.05) is 13.0 Å². The van der Waals surface area contributed by atoms with Gasteiger partial charge in [0.25, 0.3) is 0 Å². The van der Waals surface area contributed by atoms with E-state index in [-0.39, 0.29) is 0 Å². The second-order valence-electron chi connectivity index (χ2n) is 4.55. The molecule has 1 aromatic rings. The van der Waals surface area contributed by atoms with E-state index < -0.39 is 0 Å². The van der Waals surface area contributed by atoms with Gasteiger partial charge >= 0.3 is 0 Å². The second kappa shape index (κ2) is 5.87. The number of fused-ring (bicyclic) bond motifs is 1. The summed E-state index contributed by atoms with van der Waals surface area (Å²) in [5.41, 5.74) is 7.23. The first kappa shape index (κ1) is 12.9. The molecular weight excluding hydrogens is 230 g/mol. The van der Waals surface area contributed by atoms with Gasteiger partial charge in [-0.3, -0.25) is 4.79 Å². The minimum Gasteiger partial charge on any atom is -0.489 e. The van der Waals surface area contributed by atoms with Crippen molar-refractivity contribution in [3.05, 3.63) is 23.3 Å². The van der Waals surface area contributed by atoms with Crippen LogP contribution in [-0.4, -0.2) is 26.0 Å². The van der Waals surface area contributed by atoms with Crippen LogP contribution in [0, 0.1) is 0 Å². The van der Waals surface area contributed by atoms with Crippen molar-refractivity contribution in [3.8, 4) is 11.5 Å². The molecular formula is C14H19NO3. The molecule has 0 saturated heterocycles. The van der Waals surface area contributed by atoms with Gasteiger partial charge < -0.3 is 15.2 Å². The molecule has 4 nitrogen and oxygen atoms in total. The predicted molar refractivity (Wildman–Crippen MR) is 69.5 cm³/mol. The number of carbonyl (C=O) groups excluding carboxylic acids is 1. The maximum atomic E-state index is 11.0. The monoisotopic (exact) mass is 249 g/mol.